The van der Waals surface area contributed by atoms with Crippen molar-refractivity contribution in [2.24, 2.45) is 10.9 Å². The maximum absolute atomic E-state index is 9.37. The van der Waals surface area contributed by atoms with E-state index in [1.165, 1.54) is 13.0 Å². The van der Waals surface area contributed by atoms with Gasteiger partial charge in [0.15, 0.2) is 5.96 Å². The molecule has 2 aliphatic heterocycles. The minimum Gasteiger partial charge on any atom is -0.508 e. The molecule has 0 radical (unpaired) electrons. The lowest BCUT2D eigenvalue weighted by molar-refractivity contribution is 0.150. The third-order valence-corrected chi connectivity index (χ3v) is 5.17. The van der Waals surface area contributed by atoms with Crippen molar-refractivity contribution in [1.29, 1.82) is 0 Å². The molecule has 1 atom stereocenters. The first-order valence-electron chi connectivity index (χ1n) is 9.85. The van der Waals surface area contributed by atoms with E-state index in [9.17, 15) is 5.11 Å². The number of phenols is 1. The lowest BCUT2D eigenvalue weighted by Crippen LogP contribution is -2.49. The molecule has 1 unspecified atom stereocenters. The van der Waals surface area contributed by atoms with Gasteiger partial charge in [-0.1, -0.05) is 12.1 Å². The highest BCUT2D eigenvalue weighted by molar-refractivity contribution is 5.80. The minimum absolute atomic E-state index is 0.290. The molecule has 2 fully saturated rings. The van der Waals surface area contributed by atoms with Gasteiger partial charge in [0.25, 0.3) is 0 Å². The largest absolute Gasteiger partial charge is 0.508 e. The van der Waals surface area contributed by atoms with Gasteiger partial charge in [-0.2, -0.15) is 0 Å². The number of ether oxygens (including phenoxy) is 1. The van der Waals surface area contributed by atoms with Crippen LogP contribution in [0.25, 0.3) is 0 Å². The van der Waals surface area contributed by atoms with E-state index >= 15 is 0 Å². The number of aliphatic imine (C=N–C) groups is 1. The van der Waals surface area contributed by atoms with E-state index < -0.39 is 0 Å². The molecule has 6 heteroatoms. The fraction of sp³-hybridized carbons (Fsp3) is 0.650. The van der Waals surface area contributed by atoms with Crippen LogP contribution in [0.1, 0.15) is 31.7 Å². The van der Waals surface area contributed by atoms with Gasteiger partial charge < -0.3 is 25.4 Å². The number of phenolic OH excluding ortho intramolecular Hbond substituents is 1. The third kappa shape index (κ3) is 5.88. The number of aromatic hydroxyl groups is 1. The summed E-state index contributed by atoms with van der Waals surface area (Å²) in [6, 6.07) is 7.71. The van der Waals surface area contributed by atoms with Crippen molar-refractivity contribution in [2.45, 2.75) is 38.8 Å². The van der Waals surface area contributed by atoms with E-state index in [-0.39, 0.29) is 0 Å². The van der Waals surface area contributed by atoms with Crippen LogP contribution in [-0.2, 0) is 11.3 Å². The molecule has 0 aliphatic carbocycles. The first kappa shape index (κ1) is 19.0. The molecular weight excluding hydrogens is 328 g/mol. The monoisotopic (exact) mass is 360 g/mol. The van der Waals surface area contributed by atoms with Gasteiger partial charge in [-0.25, -0.2) is 4.99 Å². The molecule has 0 amide bonds. The Morgan fingerprint density at radius 2 is 2.00 bits per heavy atom. The zero-order chi connectivity index (χ0) is 18.2. The molecule has 0 spiro atoms. The van der Waals surface area contributed by atoms with Crippen molar-refractivity contribution >= 4 is 5.96 Å². The molecule has 3 rings (SSSR count). The summed E-state index contributed by atoms with van der Waals surface area (Å²) in [5, 5.41) is 16.3. The van der Waals surface area contributed by atoms with Crippen molar-refractivity contribution in [3.63, 3.8) is 0 Å². The Kier molecular flexibility index (Phi) is 7.14. The number of nitrogens with one attached hydrogen (secondary N) is 2. The highest BCUT2D eigenvalue weighted by Crippen LogP contribution is 2.17. The van der Waals surface area contributed by atoms with E-state index in [0.29, 0.717) is 18.3 Å². The summed E-state index contributed by atoms with van der Waals surface area (Å²) in [5.41, 5.74) is 1.09. The third-order valence-electron chi connectivity index (χ3n) is 5.17. The predicted molar refractivity (Wildman–Crippen MR) is 104 cm³/mol. The lowest BCUT2D eigenvalue weighted by atomic mass is 10.0. The normalized spacial score (nSPS) is 22.5. The maximum atomic E-state index is 9.37. The van der Waals surface area contributed by atoms with Crippen LogP contribution in [-0.4, -0.2) is 61.4 Å². The van der Waals surface area contributed by atoms with Crippen LogP contribution >= 0.6 is 0 Å². The van der Waals surface area contributed by atoms with Gasteiger partial charge in [0.05, 0.1) is 13.2 Å². The average Bonchev–Trinajstić information content (AvgIpc) is 3.16. The van der Waals surface area contributed by atoms with Crippen LogP contribution in [0.4, 0.5) is 0 Å². The van der Waals surface area contributed by atoms with Gasteiger partial charge >= 0.3 is 0 Å². The lowest BCUT2D eigenvalue weighted by Gasteiger charge is -2.34. The molecule has 0 saturated carbocycles. The topological polar surface area (TPSA) is 69.1 Å². The van der Waals surface area contributed by atoms with E-state index in [0.717, 1.165) is 63.1 Å². The predicted octanol–water partition coefficient (Wildman–Crippen LogP) is 1.95. The Balaban J connectivity index is 1.45. The molecule has 3 N–H and O–H groups in total. The van der Waals surface area contributed by atoms with Crippen LogP contribution in [0.3, 0.4) is 0 Å². The number of benzene rings is 1. The molecule has 2 aliphatic rings. The minimum atomic E-state index is 0.290. The molecule has 2 heterocycles. The molecule has 1 aromatic rings. The number of nitrogens with zero attached hydrogens (tertiary/aromatic N) is 2. The van der Waals surface area contributed by atoms with Crippen molar-refractivity contribution in [3.8, 4) is 5.75 Å². The quantitative estimate of drug-likeness (QED) is 0.534. The van der Waals surface area contributed by atoms with Crippen molar-refractivity contribution in [1.82, 2.24) is 15.5 Å². The number of piperidine rings is 1. The number of hydrogen-bond donors (Lipinski definition) is 3. The van der Waals surface area contributed by atoms with Crippen LogP contribution in [0.15, 0.2) is 29.3 Å². The first-order valence-corrected chi connectivity index (χ1v) is 9.85. The van der Waals surface area contributed by atoms with Gasteiger partial charge in [0.2, 0.25) is 0 Å². The van der Waals surface area contributed by atoms with E-state index in [1.807, 2.05) is 12.1 Å². The Hall–Kier alpha value is -1.79. The molecule has 26 heavy (non-hydrogen) atoms. The SMILES string of the molecule is CCNC(=NCc1ccc(O)cc1)NC1CCN(CC2CCOC2)CC1. The second-order valence-corrected chi connectivity index (χ2v) is 7.31. The molecule has 6 nitrogen and oxygen atoms in total. The van der Waals surface area contributed by atoms with Gasteiger partial charge in [0, 0.05) is 38.8 Å². The van der Waals surface area contributed by atoms with Gasteiger partial charge in [0.1, 0.15) is 5.75 Å². The number of rotatable bonds is 6. The fourth-order valence-corrected chi connectivity index (χ4v) is 3.64. The number of guanidine groups is 1. The Morgan fingerprint density at radius 3 is 2.65 bits per heavy atom. The van der Waals surface area contributed by atoms with Crippen molar-refractivity contribution in [2.75, 3.05) is 39.4 Å². The van der Waals surface area contributed by atoms with Crippen LogP contribution < -0.4 is 10.6 Å². The summed E-state index contributed by atoms with van der Waals surface area (Å²) >= 11 is 0. The Bertz CT molecular complexity index is 562. The molecule has 144 valence electrons. The standard InChI is InChI=1S/C20H32N4O2/c1-2-21-20(22-13-16-3-5-19(25)6-4-16)23-18-7-10-24(11-8-18)14-17-9-12-26-15-17/h3-6,17-18,25H,2,7-15H2,1H3,(H2,21,22,23). The molecule has 0 bridgehead atoms. The molecule has 0 aromatic heterocycles. The Labute approximate surface area is 156 Å². The average molecular weight is 361 g/mol. The molecule has 1 aromatic carbocycles. The summed E-state index contributed by atoms with van der Waals surface area (Å²) in [5.74, 6) is 1.89. The second-order valence-electron chi connectivity index (χ2n) is 7.31. The maximum Gasteiger partial charge on any atom is 0.191 e. The van der Waals surface area contributed by atoms with Crippen LogP contribution in [0, 0.1) is 5.92 Å². The Morgan fingerprint density at radius 1 is 1.23 bits per heavy atom. The second kappa shape index (κ2) is 9.78. The van der Waals surface area contributed by atoms with Crippen molar-refractivity contribution in [3.05, 3.63) is 29.8 Å². The fourth-order valence-electron chi connectivity index (χ4n) is 3.64. The summed E-state index contributed by atoms with van der Waals surface area (Å²) < 4.78 is 5.49. The smallest absolute Gasteiger partial charge is 0.191 e. The van der Waals surface area contributed by atoms with Crippen molar-refractivity contribution < 1.29 is 9.84 Å². The van der Waals surface area contributed by atoms with E-state index in [4.69, 9.17) is 9.73 Å². The number of likely N-dealkylation sites (tertiary alicyclic amines) is 1. The summed E-state index contributed by atoms with van der Waals surface area (Å²) in [6.45, 7) is 8.89. The van der Waals surface area contributed by atoms with E-state index in [1.54, 1.807) is 12.1 Å². The zero-order valence-electron chi connectivity index (χ0n) is 15.8. The molecule has 2 saturated heterocycles. The van der Waals surface area contributed by atoms with Gasteiger partial charge in [-0.3, -0.25) is 0 Å². The number of hydrogen-bond acceptors (Lipinski definition) is 4. The highest BCUT2D eigenvalue weighted by Gasteiger charge is 2.24. The summed E-state index contributed by atoms with van der Waals surface area (Å²) in [4.78, 5) is 7.27. The highest BCUT2D eigenvalue weighted by atomic mass is 16.5. The molecular formula is C20H32N4O2. The summed E-state index contributed by atoms with van der Waals surface area (Å²) in [7, 11) is 0. The zero-order valence-corrected chi connectivity index (χ0v) is 15.8. The van der Waals surface area contributed by atoms with Crippen LogP contribution in [0.5, 0.6) is 5.75 Å². The van der Waals surface area contributed by atoms with Crippen LogP contribution in [0.2, 0.25) is 0 Å². The van der Waals surface area contributed by atoms with Gasteiger partial charge in [-0.05, 0) is 49.8 Å². The summed E-state index contributed by atoms with van der Waals surface area (Å²) in [6.07, 6.45) is 3.51. The first-order chi connectivity index (χ1) is 12.7. The van der Waals surface area contributed by atoms with Gasteiger partial charge in [-0.15, -0.1) is 0 Å². The van der Waals surface area contributed by atoms with E-state index in [2.05, 4.69) is 22.5 Å².